The topological polar surface area (TPSA) is 355 Å². The van der Waals surface area contributed by atoms with Crippen molar-refractivity contribution in [1.29, 1.82) is 21.6 Å². The number of hydrogen-bond donors (Lipinski definition) is 14. The molecule has 0 saturated heterocycles. The van der Waals surface area contributed by atoms with Gasteiger partial charge in [0.2, 0.25) is 23.8 Å². The van der Waals surface area contributed by atoms with E-state index in [9.17, 15) is 9.59 Å². The number of carbonyl (C=O) groups is 2. The van der Waals surface area contributed by atoms with Gasteiger partial charge in [-0.25, -0.2) is 26.1 Å². The molecular formula is C32H39FN18O2. The van der Waals surface area contributed by atoms with Crippen molar-refractivity contribution in [3.05, 3.63) is 93.8 Å². The Morgan fingerprint density at radius 2 is 0.792 bits per heavy atom. The Balaban J connectivity index is 2.00. The quantitative estimate of drug-likeness (QED) is 0.0717. The van der Waals surface area contributed by atoms with E-state index < -0.39 is 52.6 Å². The number of anilines is 2. The fraction of sp³-hybridized carbons (Fsp3) is 0.125. The summed E-state index contributed by atoms with van der Waals surface area (Å²) in [5.74, 6) is -4.47. The number of rotatable bonds is 12. The van der Waals surface area contributed by atoms with Crippen LogP contribution in [-0.2, 0) is 0 Å². The monoisotopic (exact) mass is 726 g/mol. The first-order valence-corrected chi connectivity index (χ1v) is 15.2. The summed E-state index contributed by atoms with van der Waals surface area (Å²) in [5.41, 5.74) is 33.6. The molecule has 0 heterocycles. The zero-order valence-corrected chi connectivity index (χ0v) is 29.0. The number of halogens is 1. The Kier molecular flexibility index (Phi) is 13.3. The SMILES string of the molecule is C/C(=N\NC(=N)N)c1cc(NC(=O)c2cccc(C(=O)Nc3cc(/C(C)=N/NC(=N)N)cc(/C(C)=N/NC(=N)N)c3)c2F)cc(/C(C)=N/NC(=N)N)c1. The lowest BCUT2D eigenvalue weighted by Gasteiger charge is -2.14. The van der Waals surface area contributed by atoms with Crippen molar-refractivity contribution in [1.82, 2.24) is 21.7 Å². The van der Waals surface area contributed by atoms with Crippen LogP contribution in [0.5, 0.6) is 0 Å². The zero-order valence-electron chi connectivity index (χ0n) is 29.0. The number of nitrogens with zero attached hydrogens (tertiary/aromatic N) is 4. The minimum atomic E-state index is -1.10. The lowest BCUT2D eigenvalue weighted by Crippen LogP contribution is -2.27. The highest BCUT2D eigenvalue weighted by atomic mass is 19.1. The molecule has 53 heavy (non-hydrogen) atoms. The highest BCUT2D eigenvalue weighted by molar-refractivity contribution is 6.12. The van der Waals surface area contributed by atoms with Crippen molar-refractivity contribution in [2.75, 3.05) is 10.6 Å². The number of amides is 2. The van der Waals surface area contributed by atoms with Crippen LogP contribution in [0.25, 0.3) is 0 Å². The number of guanidine groups is 4. The minimum absolute atomic E-state index is 0.198. The molecular weight excluding hydrogens is 687 g/mol. The highest BCUT2D eigenvalue weighted by Gasteiger charge is 2.21. The van der Waals surface area contributed by atoms with E-state index in [4.69, 9.17) is 44.6 Å². The van der Waals surface area contributed by atoms with Crippen molar-refractivity contribution in [2.45, 2.75) is 27.7 Å². The van der Waals surface area contributed by atoms with Crippen LogP contribution in [0, 0.1) is 27.5 Å². The Morgan fingerprint density at radius 1 is 0.528 bits per heavy atom. The first-order chi connectivity index (χ1) is 24.9. The molecule has 3 rings (SSSR count). The average molecular weight is 727 g/mol. The van der Waals surface area contributed by atoms with Crippen LogP contribution >= 0.6 is 0 Å². The van der Waals surface area contributed by atoms with Gasteiger partial charge in [0.15, 0.2) is 0 Å². The second-order valence-corrected chi connectivity index (χ2v) is 11.1. The Bertz CT molecular complexity index is 1860. The van der Waals surface area contributed by atoms with Crippen molar-refractivity contribution >= 4 is 69.9 Å². The molecule has 21 heteroatoms. The molecule has 0 aliphatic rings. The summed E-state index contributed by atoms with van der Waals surface area (Å²) in [7, 11) is 0. The Morgan fingerprint density at radius 3 is 1.04 bits per heavy atom. The van der Waals surface area contributed by atoms with Gasteiger partial charge in [-0.15, -0.1) is 0 Å². The predicted octanol–water partition coefficient (Wildman–Crippen LogP) is 1.16. The Labute approximate surface area is 302 Å². The van der Waals surface area contributed by atoms with E-state index in [1.807, 2.05) is 0 Å². The van der Waals surface area contributed by atoms with E-state index in [0.29, 0.717) is 45.1 Å². The van der Waals surface area contributed by atoms with Crippen LogP contribution in [0.1, 0.15) is 70.7 Å². The van der Waals surface area contributed by atoms with Crippen LogP contribution in [-0.4, -0.2) is 58.5 Å². The van der Waals surface area contributed by atoms with E-state index in [1.54, 1.807) is 64.1 Å². The molecule has 3 aromatic carbocycles. The summed E-state index contributed by atoms with van der Waals surface area (Å²) in [5, 5.41) is 50.9. The molecule has 0 bridgehead atoms. The summed E-state index contributed by atoms with van der Waals surface area (Å²) >= 11 is 0. The first-order valence-electron chi connectivity index (χ1n) is 15.2. The molecule has 0 spiro atoms. The summed E-state index contributed by atoms with van der Waals surface area (Å²) in [6, 6.07) is 13.3. The molecule has 276 valence electrons. The molecule has 20 nitrogen and oxygen atoms in total. The fourth-order valence-corrected chi connectivity index (χ4v) is 4.35. The van der Waals surface area contributed by atoms with Crippen molar-refractivity contribution < 1.29 is 14.0 Å². The summed E-state index contributed by atoms with van der Waals surface area (Å²) < 4.78 is 16.0. The molecule has 0 unspecified atom stereocenters. The molecule has 0 fully saturated rings. The van der Waals surface area contributed by atoms with Crippen LogP contribution in [0.2, 0.25) is 0 Å². The maximum atomic E-state index is 16.0. The van der Waals surface area contributed by atoms with Gasteiger partial charge in [-0.05, 0) is 76.2 Å². The zero-order chi connectivity index (χ0) is 39.4. The average Bonchev–Trinajstić information content (AvgIpc) is 3.10. The second-order valence-electron chi connectivity index (χ2n) is 11.1. The number of benzene rings is 3. The summed E-state index contributed by atoms with van der Waals surface area (Å²) in [6.45, 7) is 6.48. The van der Waals surface area contributed by atoms with Crippen molar-refractivity contribution in [3.8, 4) is 0 Å². The summed E-state index contributed by atoms with van der Waals surface area (Å²) in [6.07, 6.45) is 0. The predicted molar refractivity (Wildman–Crippen MR) is 204 cm³/mol. The number of nitrogens with one attached hydrogen (secondary N) is 10. The van der Waals surface area contributed by atoms with E-state index in [2.05, 4.69) is 52.7 Å². The van der Waals surface area contributed by atoms with E-state index in [-0.39, 0.29) is 11.4 Å². The van der Waals surface area contributed by atoms with E-state index in [1.165, 1.54) is 18.2 Å². The standard InChI is InChI=1S/C32H39FN18O2/c1-14(44-48-29(34)35)18-8-19(15(2)45-49-30(36)37)11-22(10-18)42-27(52)24-6-5-7-25(26(24)33)28(53)43-23-12-20(16(3)46-50-31(38)39)9-21(13-23)17(4)47-51-32(40)41/h5-13H,1-4H3,(H,42,52)(H,43,53)(H4,34,35,48)(H4,36,37,49)(H4,38,39,50)(H4,40,41,51)/b44-14+,45-15+,46-16+,47-17+. The smallest absolute Gasteiger partial charge is 0.258 e. The van der Waals surface area contributed by atoms with Gasteiger partial charge in [0.05, 0.1) is 34.0 Å². The van der Waals surface area contributed by atoms with Gasteiger partial charge in [0, 0.05) is 33.6 Å². The lowest BCUT2D eigenvalue weighted by atomic mass is 10.0. The fourth-order valence-electron chi connectivity index (χ4n) is 4.35. The largest absolute Gasteiger partial charge is 0.369 e. The van der Waals surface area contributed by atoms with Crippen molar-refractivity contribution in [3.63, 3.8) is 0 Å². The number of hydrazone groups is 4. The molecule has 18 N–H and O–H groups in total. The van der Waals surface area contributed by atoms with Gasteiger partial charge < -0.3 is 33.6 Å². The van der Waals surface area contributed by atoms with Crippen molar-refractivity contribution in [2.24, 2.45) is 43.3 Å². The van der Waals surface area contributed by atoms with Crippen LogP contribution in [0.15, 0.2) is 75.0 Å². The third-order valence-electron chi connectivity index (χ3n) is 6.92. The third kappa shape index (κ3) is 11.7. The second kappa shape index (κ2) is 17.8. The van der Waals surface area contributed by atoms with E-state index >= 15 is 4.39 Å². The van der Waals surface area contributed by atoms with Crippen LogP contribution < -0.4 is 55.3 Å². The van der Waals surface area contributed by atoms with Gasteiger partial charge in [-0.2, -0.15) is 20.4 Å². The van der Waals surface area contributed by atoms with E-state index in [0.717, 1.165) is 0 Å². The van der Waals surface area contributed by atoms with Gasteiger partial charge >= 0.3 is 0 Å². The van der Waals surface area contributed by atoms with Gasteiger partial charge in [-0.3, -0.25) is 31.2 Å². The molecule has 0 saturated carbocycles. The normalized spacial score (nSPS) is 11.9. The summed E-state index contributed by atoms with van der Waals surface area (Å²) in [4.78, 5) is 27.0. The number of nitrogens with two attached hydrogens (primary N) is 4. The molecule has 3 aromatic rings. The van der Waals surface area contributed by atoms with Gasteiger partial charge in [0.1, 0.15) is 5.82 Å². The maximum absolute atomic E-state index is 16.0. The molecule has 2 amide bonds. The lowest BCUT2D eigenvalue weighted by molar-refractivity contribution is 0.102. The Hall–Kier alpha value is -7.71. The molecule has 0 atom stereocenters. The highest BCUT2D eigenvalue weighted by Crippen LogP contribution is 2.22. The first kappa shape index (κ1) is 39.7. The molecule has 0 aromatic heterocycles. The van der Waals surface area contributed by atoms with Crippen LogP contribution in [0.4, 0.5) is 15.8 Å². The minimum Gasteiger partial charge on any atom is -0.369 e. The number of carbonyl (C=O) groups excluding carboxylic acids is 2. The van der Waals surface area contributed by atoms with Crippen LogP contribution in [0.3, 0.4) is 0 Å². The molecule has 0 aliphatic heterocycles. The molecule has 0 radical (unpaired) electrons. The van der Waals surface area contributed by atoms with Gasteiger partial charge in [-0.1, -0.05) is 6.07 Å². The third-order valence-corrected chi connectivity index (χ3v) is 6.92. The molecule has 0 aliphatic carbocycles. The maximum Gasteiger partial charge on any atom is 0.258 e. The van der Waals surface area contributed by atoms with Gasteiger partial charge in [0.25, 0.3) is 11.8 Å². The number of hydrogen-bond acceptors (Lipinski definition) is 10.